The van der Waals surface area contributed by atoms with E-state index in [-0.39, 0.29) is 0 Å². The molecule has 0 spiro atoms. The highest BCUT2D eigenvalue weighted by atomic mass is 16.4. The van der Waals surface area contributed by atoms with E-state index in [1.807, 2.05) is 30.9 Å². The lowest BCUT2D eigenvalue weighted by molar-refractivity contribution is -0.142. The van der Waals surface area contributed by atoms with Crippen molar-refractivity contribution in [1.82, 2.24) is 4.90 Å². The van der Waals surface area contributed by atoms with Crippen LogP contribution in [0.15, 0.2) is 12.2 Å². The Morgan fingerprint density at radius 2 is 2.31 bits per heavy atom. The fraction of sp³-hybridized carbons (Fsp3) is 0.750. The summed E-state index contributed by atoms with van der Waals surface area (Å²) in [5.41, 5.74) is 0. The second kappa shape index (κ2) is 6.01. The maximum atomic E-state index is 11.1. The summed E-state index contributed by atoms with van der Waals surface area (Å²) >= 11 is 0. The molecule has 2 N–H and O–H groups in total. The number of aliphatic carboxylic acids is 1. The zero-order valence-corrected chi connectivity index (χ0v) is 9.97. The second-order valence-corrected chi connectivity index (χ2v) is 4.39. The van der Waals surface area contributed by atoms with Gasteiger partial charge in [-0.15, -0.1) is 0 Å². The first kappa shape index (κ1) is 13.2. The number of carboxylic acids is 1. The van der Waals surface area contributed by atoms with Gasteiger partial charge in [-0.25, -0.2) is 0 Å². The van der Waals surface area contributed by atoms with E-state index in [2.05, 4.69) is 0 Å². The Hall–Kier alpha value is -0.870. The van der Waals surface area contributed by atoms with Crippen LogP contribution < -0.4 is 0 Å². The summed E-state index contributed by atoms with van der Waals surface area (Å²) in [6.07, 6.45) is 4.90. The fourth-order valence-electron chi connectivity index (χ4n) is 2.21. The molecule has 1 aliphatic heterocycles. The largest absolute Gasteiger partial charge is 0.480 e. The third-order valence-corrected chi connectivity index (χ3v) is 3.10. The molecule has 1 rings (SSSR count). The number of hydrogen-bond acceptors (Lipinski definition) is 3. The first-order chi connectivity index (χ1) is 7.58. The van der Waals surface area contributed by atoms with Gasteiger partial charge in [-0.3, -0.25) is 9.69 Å². The third kappa shape index (κ3) is 3.32. The van der Waals surface area contributed by atoms with Crippen LogP contribution in [-0.4, -0.2) is 46.3 Å². The summed E-state index contributed by atoms with van der Waals surface area (Å²) in [7, 11) is 0. The van der Waals surface area contributed by atoms with Crippen molar-refractivity contribution in [2.45, 2.75) is 38.8 Å². The topological polar surface area (TPSA) is 60.8 Å². The highest BCUT2D eigenvalue weighted by molar-refractivity contribution is 5.74. The lowest BCUT2D eigenvalue weighted by Gasteiger charge is -2.23. The molecule has 0 aromatic heterocycles. The van der Waals surface area contributed by atoms with E-state index < -0.39 is 18.1 Å². The van der Waals surface area contributed by atoms with Crippen LogP contribution in [0.25, 0.3) is 0 Å². The maximum absolute atomic E-state index is 11.1. The van der Waals surface area contributed by atoms with E-state index in [1.165, 1.54) is 0 Å². The lowest BCUT2D eigenvalue weighted by atomic mass is 10.1. The molecule has 0 aliphatic carbocycles. The number of nitrogens with zero attached hydrogens (tertiary/aromatic N) is 1. The standard InChI is InChI=1S/C12H21NO3/c1-3-5-9-6-11(12(15)16)13(7-9)8-10(14)4-2/h3,5,9-11,14H,4,6-8H2,1-2H3,(H,15,16)/b5-3-. The average Bonchev–Trinajstić information content (AvgIpc) is 2.61. The molecule has 0 amide bonds. The van der Waals surface area contributed by atoms with Gasteiger partial charge in [-0.2, -0.15) is 0 Å². The zero-order chi connectivity index (χ0) is 12.1. The number of carbonyl (C=O) groups is 1. The van der Waals surface area contributed by atoms with Crippen molar-refractivity contribution in [3.8, 4) is 0 Å². The van der Waals surface area contributed by atoms with Crippen molar-refractivity contribution < 1.29 is 15.0 Å². The van der Waals surface area contributed by atoms with Crippen molar-refractivity contribution in [3.05, 3.63) is 12.2 Å². The van der Waals surface area contributed by atoms with Crippen LogP contribution in [0.2, 0.25) is 0 Å². The van der Waals surface area contributed by atoms with E-state index in [0.29, 0.717) is 25.3 Å². The van der Waals surface area contributed by atoms with Gasteiger partial charge in [0.1, 0.15) is 6.04 Å². The van der Waals surface area contributed by atoms with E-state index in [1.54, 1.807) is 0 Å². The Kier molecular flexibility index (Phi) is 4.96. The smallest absolute Gasteiger partial charge is 0.320 e. The van der Waals surface area contributed by atoms with Crippen molar-refractivity contribution >= 4 is 5.97 Å². The van der Waals surface area contributed by atoms with Crippen molar-refractivity contribution in [3.63, 3.8) is 0 Å². The SMILES string of the molecule is C/C=C\C1CC(C(=O)O)N(CC(O)CC)C1. The van der Waals surface area contributed by atoms with Gasteiger partial charge in [0.15, 0.2) is 0 Å². The molecule has 16 heavy (non-hydrogen) atoms. The summed E-state index contributed by atoms with van der Waals surface area (Å²) in [6.45, 7) is 5.04. The second-order valence-electron chi connectivity index (χ2n) is 4.39. The molecule has 3 atom stereocenters. The van der Waals surface area contributed by atoms with Gasteiger partial charge >= 0.3 is 5.97 Å². The first-order valence-corrected chi connectivity index (χ1v) is 5.86. The van der Waals surface area contributed by atoms with Gasteiger partial charge < -0.3 is 10.2 Å². The number of aliphatic hydroxyl groups excluding tert-OH is 1. The Morgan fingerprint density at radius 3 is 2.81 bits per heavy atom. The predicted molar refractivity (Wildman–Crippen MR) is 62.2 cm³/mol. The van der Waals surface area contributed by atoms with Gasteiger partial charge in [-0.1, -0.05) is 19.1 Å². The number of likely N-dealkylation sites (tertiary alicyclic amines) is 1. The average molecular weight is 227 g/mol. The summed E-state index contributed by atoms with van der Waals surface area (Å²) in [5, 5.41) is 18.7. The summed E-state index contributed by atoms with van der Waals surface area (Å²) in [5.74, 6) is -0.481. The van der Waals surface area contributed by atoms with Gasteiger partial charge in [0, 0.05) is 13.1 Å². The zero-order valence-electron chi connectivity index (χ0n) is 9.97. The quantitative estimate of drug-likeness (QED) is 0.691. The normalized spacial score (nSPS) is 28.7. The molecule has 1 saturated heterocycles. The Bertz CT molecular complexity index is 265. The van der Waals surface area contributed by atoms with Crippen molar-refractivity contribution in [2.24, 2.45) is 5.92 Å². The van der Waals surface area contributed by atoms with E-state index >= 15 is 0 Å². The monoisotopic (exact) mass is 227 g/mol. The van der Waals surface area contributed by atoms with Crippen molar-refractivity contribution in [1.29, 1.82) is 0 Å². The number of aliphatic hydroxyl groups is 1. The molecule has 0 aromatic carbocycles. The minimum Gasteiger partial charge on any atom is -0.480 e. The predicted octanol–water partition coefficient (Wildman–Crippen LogP) is 1.11. The first-order valence-electron chi connectivity index (χ1n) is 5.86. The number of rotatable bonds is 5. The molecule has 3 unspecified atom stereocenters. The molecule has 0 aromatic rings. The number of carboxylic acid groups (broad SMARTS) is 1. The van der Waals surface area contributed by atoms with Gasteiger partial charge in [0.2, 0.25) is 0 Å². The minimum absolute atomic E-state index is 0.301. The summed E-state index contributed by atoms with van der Waals surface area (Å²) in [4.78, 5) is 13.0. The number of allylic oxidation sites excluding steroid dienone is 1. The minimum atomic E-state index is -0.782. The highest BCUT2D eigenvalue weighted by Crippen LogP contribution is 2.24. The molecular formula is C12H21NO3. The third-order valence-electron chi connectivity index (χ3n) is 3.10. The molecule has 0 saturated carbocycles. The van der Waals surface area contributed by atoms with Crippen LogP contribution in [0.5, 0.6) is 0 Å². The van der Waals surface area contributed by atoms with Gasteiger partial charge in [0.05, 0.1) is 6.10 Å². The van der Waals surface area contributed by atoms with Crippen molar-refractivity contribution in [2.75, 3.05) is 13.1 Å². The van der Waals surface area contributed by atoms with E-state index in [9.17, 15) is 9.90 Å². The molecule has 0 radical (unpaired) electrons. The lowest BCUT2D eigenvalue weighted by Crippen LogP contribution is -2.40. The molecule has 4 nitrogen and oxygen atoms in total. The van der Waals surface area contributed by atoms with Gasteiger partial charge in [0.25, 0.3) is 0 Å². The molecule has 1 heterocycles. The molecule has 92 valence electrons. The van der Waals surface area contributed by atoms with Crippen LogP contribution in [0.3, 0.4) is 0 Å². The molecular weight excluding hydrogens is 206 g/mol. The summed E-state index contributed by atoms with van der Waals surface area (Å²) in [6, 6.07) is -0.442. The van der Waals surface area contributed by atoms with Crippen LogP contribution >= 0.6 is 0 Å². The summed E-state index contributed by atoms with van der Waals surface area (Å²) < 4.78 is 0. The van der Waals surface area contributed by atoms with Gasteiger partial charge in [-0.05, 0) is 25.7 Å². The number of β-amino-alcohol motifs (C(OH)–C–C–N with tert-alkyl or cyclic N) is 1. The van der Waals surface area contributed by atoms with Crippen LogP contribution in [0.4, 0.5) is 0 Å². The molecule has 0 bridgehead atoms. The molecule has 1 fully saturated rings. The van der Waals surface area contributed by atoms with E-state index in [4.69, 9.17) is 5.11 Å². The Morgan fingerprint density at radius 1 is 1.62 bits per heavy atom. The Balaban J connectivity index is 2.62. The number of hydrogen-bond donors (Lipinski definition) is 2. The van der Waals surface area contributed by atoms with Crippen LogP contribution in [0, 0.1) is 5.92 Å². The molecule has 4 heteroatoms. The maximum Gasteiger partial charge on any atom is 0.320 e. The fourth-order valence-corrected chi connectivity index (χ4v) is 2.21. The van der Waals surface area contributed by atoms with Crippen LogP contribution in [-0.2, 0) is 4.79 Å². The Labute approximate surface area is 96.6 Å². The van der Waals surface area contributed by atoms with Crippen LogP contribution in [0.1, 0.15) is 26.7 Å². The highest BCUT2D eigenvalue weighted by Gasteiger charge is 2.36. The van der Waals surface area contributed by atoms with E-state index in [0.717, 1.165) is 6.54 Å². The molecule has 1 aliphatic rings.